The number of ether oxygens (including phenoxy) is 1. The van der Waals surface area contributed by atoms with Crippen LogP contribution in [0.5, 0.6) is 5.75 Å². The highest BCUT2D eigenvalue weighted by molar-refractivity contribution is 8.28. The van der Waals surface area contributed by atoms with E-state index in [1.54, 1.807) is 0 Å². The SMILES string of the molecule is O=C(O)CN1C(=O)CS(=Cc2cc3cc(OCc4ccccc4)ccc3n2Cc2ccc3ccccc3c2)C1=O. The van der Waals surface area contributed by atoms with Crippen molar-refractivity contribution in [2.75, 3.05) is 12.3 Å². The molecule has 1 N–H and O–H groups in total. The van der Waals surface area contributed by atoms with E-state index in [-0.39, 0.29) is 5.75 Å². The van der Waals surface area contributed by atoms with Crippen LogP contribution in [0.2, 0.25) is 0 Å². The van der Waals surface area contributed by atoms with Gasteiger partial charge in [-0.3, -0.25) is 19.3 Å². The molecule has 7 nitrogen and oxygen atoms in total. The fraction of sp³-hybridized carbons (Fsp3) is 0.125. The molecule has 1 atom stereocenters. The van der Waals surface area contributed by atoms with E-state index in [0.29, 0.717) is 13.2 Å². The summed E-state index contributed by atoms with van der Waals surface area (Å²) in [5.41, 5.74) is 3.93. The highest BCUT2D eigenvalue weighted by Crippen LogP contribution is 2.31. The van der Waals surface area contributed by atoms with Gasteiger partial charge in [0.2, 0.25) is 5.91 Å². The van der Waals surface area contributed by atoms with Gasteiger partial charge in [0.05, 0.1) is 5.75 Å². The molecular weight excluding hydrogens is 524 g/mol. The average Bonchev–Trinajstić information content (AvgIpc) is 3.42. The van der Waals surface area contributed by atoms with Gasteiger partial charge in [0, 0.05) is 23.1 Å². The Hall–Kier alpha value is -4.69. The third-order valence-corrected chi connectivity index (χ3v) is 8.64. The Bertz CT molecular complexity index is 1810. The van der Waals surface area contributed by atoms with Gasteiger partial charge in [-0.1, -0.05) is 77.2 Å². The third kappa shape index (κ3) is 5.26. The molecule has 1 aromatic heterocycles. The monoisotopic (exact) mass is 550 g/mol. The van der Waals surface area contributed by atoms with Crippen LogP contribution in [-0.2, 0) is 22.7 Å². The number of aliphatic carboxylic acids is 1. The van der Waals surface area contributed by atoms with Gasteiger partial charge in [0.15, 0.2) is 0 Å². The van der Waals surface area contributed by atoms with E-state index in [2.05, 4.69) is 34.9 Å². The molecule has 200 valence electrons. The molecule has 5 aromatic rings. The first-order valence-electron chi connectivity index (χ1n) is 12.8. The largest absolute Gasteiger partial charge is 0.489 e. The molecule has 1 aliphatic heterocycles. The molecule has 1 aliphatic rings. The minimum Gasteiger partial charge on any atom is -0.489 e. The molecule has 1 unspecified atom stereocenters. The number of carbonyl (C=O) groups is 3. The van der Waals surface area contributed by atoms with Crippen LogP contribution in [0.4, 0.5) is 4.79 Å². The second-order valence-corrected chi connectivity index (χ2v) is 11.4. The first-order valence-corrected chi connectivity index (χ1v) is 14.3. The number of benzene rings is 4. The smallest absolute Gasteiger partial charge is 0.323 e. The van der Waals surface area contributed by atoms with E-state index < -0.39 is 34.1 Å². The van der Waals surface area contributed by atoms with Crippen molar-refractivity contribution < 1.29 is 24.2 Å². The molecule has 8 heteroatoms. The summed E-state index contributed by atoms with van der Waals surface area (Å²) >= 11 is 0. The van der Waals surface area contributed by atoms with E-state index in [0.717, 1.165) is 49.1 Å². The maximum absolute atomic E-state index is 13.0. The lowest BCUT2D eigenvalue weighted by molar-refractivity contribution is -0.141. The van der Waals surface area contributed by atoms with Gasteiger partial charge in [0.25, 0.3) is 5.24 Å². The van der Waals surface area contributed by atoms with Crippen molar-refractivity contribution in [3.63, 3.8) is 0 Å². The van der Waals surface area contributed by atoms with Crippen LogP contribution in [0, 0.1) is 0 Å². The van der Waals surface area contributed by atoms with Crippen molar-refractivity contribution in [2.24, 2.45) is 0 Å². The number of amides is 2. The van der Waals surface area contributed by atoms with Gasteiger partial charge in [-0.2, -0.15) is 0 Å². The quantitative estimate of drug-likeness (QED) is 0.244. The molecule has 0 aliphatic carbocycles. The Balaban J connectivity index is 1.38. The van der Waals surface area contributed by atoms with Crippen LogP contribution in [0.3, 0.4) is 0 Å². The molecule has 1 saturated heterocycles. The summed E-state index contributed by atoms with van der Waals surface area (Å²) in [4.78, 5) is 37.4. The normalized spacial score (nSPS) is 15.4. The molecule has 2 heterocycles. The van der Waals surface area contributed by atoms with Gasteiger partial charge < -0.3 is 14.4 Å². The maximum Gasteiger partial charge on any atom is 0.323 e. The van der Waals surface area contributed by atoms with Crippen LogP contribution >= 0.6 is 10.5 Å². The van der Waals surface area contributed by atoms with Crippen LogP contribution in [0.25, 0.3) is 21.7 Å². The number of aromatic nitrogens is 1. The van der Waals surface area contributed by atoms with Gasteiger partial charge in [-0.25, -0.2) is 0 Å². The van der Waals surface area contributed by atoms with Crippen LogP contribution in [-0.4, -0.2) is 49.4 Å². The lowest BCUT2D eigenvalue weighted by atomic mass is 10.1. The fourth-order valence-corrected chi connectivity index (χ4v) is 6.60. The molecule has 40 heavy (non-hydrogen) atoms. The average molecular weight is 551 g/mol. The van der Waals surface area contributed by atoms with E-state index in [9.17, 15) is 14.4 Å². The zero-order chi connectivity index (χ0) is 27.6. The summed E-state index contributed by atoms with van der Waals surface area (Å²) in [6.07, 6.45) is 0. The second kappa shape index (κ2) is 10.8. The minimum absolute atomic E-state index is 0.0188. The lowest BCUT2D eigenvalue weighted by Gasteiger charge is -2.12. The third-order valence-electron chi connectivity index (χ3n) is 6.89. The molecular formula is C32H26N2O5S. The van der Waals surface area contributed by atoms with E-state index >= 15 is 0 Å². The van der Waals surface area contributed by atoms with Crippen LogP contribution < -0.4 is 4.74 Å². The van der Waals surface area contributed by atoms with Crippen molar-refractivity contribution >= 4 is 54.6 Å². The molecule has 0 spiro atoms. The number of fused-ring (bicyclic) bond motifs is 2. The molecule has 0 radical (unpaired) electrons. The Morgan fingerprint density at radius 1 is 0.850 bits per heavy atom. The Morgan fingerprint density at radius 2 is 1.62 bits per heavy atom. The summed E-state index contributed by atoms with van der Waals surface area (Å²) < 4.78 is 8.18. The zero-order valence-electron chi connectivity index (χ0n) is 21.5. The molecule has 2 amide bonds. The number of nitrogens with zero attached hydrogens (tertiary/aromatic N) is 2. The van der Waals surface area contributed by atoms with Crippen LogP contribution in [0.15, 0.2) is 97.1 Å². The summed E-state index contributed by atoms with van der Waals surface area (Å²) in [7, 11) is -1.05. The Morgan fingerprint density at radius 3 is 2.42 bits per heavy atom. The standard InChI is InChI=1S/C32H26N2O5S/c35-30-21-40(32(38)34(30)18-31(36)37)20-27-15-26-16-28(39-19-22-6-2-1-3-7-22)12-13-29(26)33(27)17-23-10-11-24-8-4-5-9-25(24)14-23/h1-16,20H,17-19,21H2,(H,36,37). The predicted octanol–water partition coefficient (Wildman–Crippen LogP) is 5.89. The number of carbonyl (C=O) groups excluding carboxylic acids is 2. The number of rotatable bonds is 8. The maximum atomic E-state index is 13.0. The summed E-state index contributed by atoms with van der Waals surface area (Å²) in [6.45, 7) is 0.391. The number of carboxylic acid groups (broad SMARTS) is 1. The van der Waals surface area contributed by atoms with Gasteiger partial charge >= 0.3 is 5.97 Å². The highest BCUT2D eigenvalue weighted by Gasteiger charge is 2.34. The minimum atomic E-state index is -1.21. The molecule has 1 fully saturated rings. The van der Waals surface area contributed by atoms with E-state index in [1.165, 1.54) is 0 Å². The van der Waals surface area contributed by atoms with Crippen molar-refractivity contribution in [3.8, 4) is 5.75 Å². The van der Waals surface area contributed by atoms with Crippen molar-refractivity contribution in [1.29, 1.82) is 0 Å². The van der Waals surface area contributed by atoms with Gasteiger partial charge in [-0.05, 0) is 57.6 Å². The molecule has 0 saturated carbocycles. The molecule has 0 bridgehead atoms. The first-order chi connectivity index (χ1) is 19.4. The van der Waals surface area contributed by atoms with Crippen molar-refractivity contribution in [3.05, 3.63) is 114 Å². The Labute approximate surface area is 233 Å². The zero-order valence-corrected chi connectivity index (χ0v) is 22.3. The highest BCUT2D eigenvalue weighted by atomic mass is 32.2. The summed E-state index contributed by atoms with van der Waals surface area (Å²) in [5, 5.41) is 13.7. The first kappa shape index (κ1) is 25.6. The molecule has 6 rings (SSSR count). The van der Waals surface area contributed by atoms with E-state index in [4.69, 9.17) is 9.84 Å². The Kier molecular flexibility index (Phi) is 6.92. The van der Waals surface area contributed by atoms with Crippen LogP contribution in [0.1, 0.15) is 16.8 Å². The fourth-order valence-electron chi connectivity index (χ4n) is 4.94. The summed E-state index contributed by atoms with van der Waals surface area (Å²) in [6, 6.07) is 32.4. The number of hydrogen-bond acceptors (Lipinski definition) is 4. The van der Waals surface area contributed by atoms with Gasteiger partial charge in [0.1, 0.15) is 18.9 Å². The lowest BCUT2D eigenvalue weighted by Crippen LogP contribution is -2.33. The number of imide groups is 1. The number of hydrogen-bond donors (Lipinski definition) is 1. The van der Waals surface area contributed by atoms with Crippen molar-refractivity contribution in [1.82, 2.24) is 9.47 Å². The number of carboxylic acids is 1. The van der Waals surface area contributed by atoms with E-state index in [1.807, 2.05) is 72.1 Å². The van der Waals surface area contributed by atoms with Crippen molar-refractivity contribution in [2.45, 2.75) is 13.2 Å². The molecule has 4 aromatic carbocycles. The van der Waals surface area contributed by atoms with Gasteiger partial charge in [-0.15, -0.1) is 0 Å². The predicted molar refractivity (Wildman–Crippen MR) is 158 cm³/mol. The second-order valence-electron chi connectivity index (χ2n) is 9.66. The summed E-state index contributed by atoms with van der Waals surface area (Å²) in [5.74, 6) is -0.955. The topological polar surface area (TPSA) is 88.8 Å².